The van der Waals surface area contributed by atoms with Crippen LogP contribution in [0, 0.1) is 0 Å². The van der Waals surface area contributed by atoms with Crippen LogP contribution >= 0.6 is 0 Å². The predicted molar refractivity (Wildman–Crippen MR) is 77.1 cm³/mol. The van der Waals surface area contributed by atoms with Crippen molar-refractivity contribution in [3.8, 4) is 0 Å². The molecule has 0 aliphatic rings. The standard InChI is InChI=1S/C15H24N2O2/c1-15(2,3)12-6-4-11(5-7-12)9-17-10-13(16)8-14(18)19/h4-7,13,17H,8-10,16H2,1-3H3,(H,18,19). The van der Waals surface area contributed by atoms with Crippen LogP contribution in [-0.4, -0.2) is 23.7 Å². The number of carboxylic acids is 1. The fourth-order valence-electron chi connectivity index (χ4n) is 1.82. The molecule has 0 fully saturated rings. The van der Waals surface area contributed by atoms with E-state index in [1.54, 1.807) is 0 Å². The highest BCUT2D eigenvalue weighted by atomic mass is 16.4. The zero-order valence-electron chi connectivity index (χ0n) is 11.9. The number of hydrogen-bond acceptors (Lipinski definition) is 3. The molecule has 0 heterocycles. The smallest absolute Gasteiger partial charge is 0.304 e. The SMILES string of the molecule is CC(C)(C)c1ccc(CNCC(N)CC(=O)O)cc1. The summed E-state index contributed by atoms with van der Waals surface area (Å²) in [5.41, 5.74) is 8.32. The van der Waals surface area contributed by atoms with Gasteiger partial charge < -0.3 is 16.2 Å². The van der Waals surface area contributed by atoms with Crippen molar-refractivity contribution in [2.45, 2.75) is 45.2 Å². The molecule has 0 saturated heterocycles. The fraction of sp³-hybridized carbons (Fsp3) is 0.533. The number of aliphatic carboxylic acids is 1. The third-order valence-electron chi connectivity index (χ3n) is 2.99. The van der Waals surface area contributed by atoms with E-state index >= 15 is 0 Å². The van der Waals surface area contributed by atoms with E-state index in [0.717, 1.165) is 0 Å². The molecule has 19 heavy (non-hydrogen) atoms. The second-order valence-corrected chi connectivity index (χ2v) is 5.94. The van der Waals surface area contributed by atoms with Gasteiger partial charge >= 0.3 is 5.97 Å². The first-order valence-corrected chi connectivity index (χ1v) is 6.56. The Labute approximate surface area is 115 Å². The summed E-state index contributed by atoms with van der Waals surface area (Å²) in [5.74, 6) is -0.858. The van der Waals surface area contributed by atoms with Gasteiger partial charge in [-0.1, -0.05) is 45.0 Å². The van der Waals surface area contributed by atoms with Gasteiger partial charge in [0.15, 0.2) is 0 Å². The van der Waals surface area contributed by atoms with Gasteiger partial charge in [-0.05, 0) is 16.5 Å². The van der Waals surface area contributed by atoms with Crippen LogP contribution in [0.5, 0.6) is 0 Å². The van der Waals surface area contributed by atoms with Crippen LogP contribution in [0.1, 0.15) is 38.3 Å². The van der Waals surface area contributed by atoms with Crippen molar-refractivity contribution in [1.29, 1.82) is 0 Å². The van der Waals surface area contributed by atoms with Crippen LogP contribution < -0.4 is 11.1 Å². The monoisotopic (exact) mass is 264 g/mol. The maximum Gasteiger partial charge on any atom is 0.304 e. The van der Waals surface area contributed by atoms with Crippen molar-refractivity contribution < 1.29 is 9.90 Å². The third kappa shape index (κ3) is 5.85. The van der Waals surface area contributed by atoms with Crippen molar-refractivity contribution in [2.24, 2.45) is 5.73 Å². The van der Waals surface area contributed by atoms with Crippen molar-refractivity contribution >= 4 is 5.97 Å². The number of hydrogen-bond donors (Lipinski definition) is 3. The molecule has 1 atom stereocenters. The summed E-state index contributed by atoms with van der Waals surface area (Å²) in [7, 11) is 0. The lowest BCUT2D eigenvalue weighted by molar-refractivity contribution is -0.137. The highest BCUT2D eigenvalue weighted by Crippen LogP contribution is 2.22. The quantitative estimate of drug-likeness (QED) is 0.733. The normalized spacial score (nSPS) is 13.3. The number of nitrogens with two attached hydrogens (primary N) is 1. The lowest BCUT2D eigenvalue weighted by Gasteiger charge is -2.19. The molecule has 0 aromatic heterocycles. The van der Waals surface area contributed by atoms with Crippen molar-refractivity contribution in [3.05, 3.63) is 35.4 Å². The van der Waals surface area contributed by atoms with Crippen LogP contribution in [0.2, 0.25) is 0 Å². The molecular weight excluding hydrogens is 240 g/mol. The molecule has 0 radical (unpaired) electrons. The Kier molecular flexibility index (Phi) is 5.51. The van der Waals surface area contributed by atoms with Gasteiger partial charge in [0.1, 0.15) is 0 Å². The van der Waals surface area contributed by atoms with Gasteiger partial charge in [0, 0.05) is 19.1 Å². The van der Waals surface area contributed by atoms with E-state index in [4.69, 9.17) is 10.8 Å². The van der Waals surface area contributed by atoms with E-state index < -0.39 is 5.97 Å². The highest BCUT2D eigenvalue weighted by Gasteiger charge is 2.12. The van der Waals surface area contributed by atoms with E-state index in [9.17, 15) is 4.79 Å². The van der Waals surface area contributed by atoms with Gasteiger partial charge in [-0.25, -0.2) is 0 Å². The van der Waals surface area contributed by atoms with E-state index in [1.807, 2.05) is 0 Å². The Morgan fingerprint density at radius 2 is 1.89 bits per heavy atom. The minimum absolute atomic E-state index is 0.00401. The number of carbonyl (C=O) groups is 1. The van der Waals surface area contributed by atoms with Crippen LogP contribution in [0.4, 0.5) is 0 Å². The highest BCUT2D eigenvalue weighted by molar-refractivity contribution is 5.67. The second kappa shape index (κ2) is 6.68. The molecule has 106 valence electrons. The lowest BCUT2D eigenvalue weighted by Crippen LogP contribution is -2.35. The fourth-order valence-corrected chi connectivity index (χ4v) is 1.82. The molecule has 4 nitrogen and oxygen atoms in total. The zero-order valence-corrected chi connectivity index (χ0v) is 11.9. The van der Waals surface area contributed by atoms with Gasteiger partial charge in [0.05, 0.1) is 6.42 Å². The third-order valence-corrected chi connectivity index (χ3v) is 2.99. The largest absolute Gasteiger partial charge is 0.481 e. The number of nitrogens with one attached hydrogen (secondary N) is 1. The van der Waals surface area contributed by atoms with Crippen molar-refractivity contribution in [3.63, 3.8) is 0 Å². The number of carboxylic acid groups (broad SMARTS) is 1. The first-order valence-electron chi connectivity index (χ1n) is 6.56. The van der Waals surface area contributed by atoms with Crippen LogP contribution in [0.15, 0.2) is 24.3 Å². The van der Waals surface area contributed by atoms with E-state index in [-0.39, 0.29) is 17.9 Å². The van der Waals surface area contributed by atoms with Crippen LogP contribution in [-0.2, 0) is 16.8 Å². The molecule has 1 aromatic rings. The Bertz CT molecular complexity index is 407. The molecule has 4 N–H and O–H groups in total. The Hall–Kier alpha value is -1.39. The summed E-state index contributed by atoms with van der Waals surface area (Å²) < 4.78 is 0. The van der Waals surface area contributed by atoms with Gasteiger partial charge in [0.2, 0.25) is 0 Å². The Balaban J connectivity index is 2.40. The summed E-state index contributed by atoms with van der Waals surface area (Å²) in [4.78, 5) is 10.5. The van der Waals surface area contributed by atoms with Crippen molar-refractivity contribution in [1.82, 2.24) is 5.32 Å². The predicted octanol–water partition coefficient (Wildman–Crippen LogP) is 1.88. The molecule has 1 unspecified atom stereocenters. The van der Waals surface area contributed by atoms with E-state index in [0.29, 0.717) is 13.1 Å². The second-order valence-electron chi connectivity index (χ2n) is 5.94. The first kappa shape index (κ1) is 15.7. The molecule has 0 aliphatic carbocycles. The summed E-state index contributed by atoms with van der Waals surface area (Å²) in [5, 5.41) is 11.8. The van der Waals surface area contributed by atoms with E-state index in [2.05, 4.69) is 50.4 Å². The average molecular weight is 264 g/mol. The van der Waals surface area contributed by atoms with E-state index in [1.165, 1.54) is 11.1 Å². The molecule has 0 aliphatic heterocycles. The van der Waals surface area contributed by atoms with Crippen molar-refractivity contribution in [2.75, 3.05) is 6.54 Å². The molecule has 0 spiro atoms. The topological polar surface area (TPSA) is 75.3 Å². The summed E-state index contributed by atoms with van der Waals surface area (Å²) in [6.07, 6.45) is -0.00401. The Morgan fingerprint density at radius 3 is 2.37 bits per heavy atom. The molecule has 0 bridgehead atoms. The van der Waals surface area contributed by atoms with Gasteiger partial charge in [0.25, 0.3) is 0 Å². The summed E-state index contributed by atoms with van der Waals surface area (Å²) in [6, 6.07) is 8.11. The molecule has 0 saturated carbocycles. The minimum Gasteiger partial charge on any atom is -0.481 e. The lowest BCUT2D eigenvalue weighted by atomic mass is 9.87. The average Bonchev–Trinajstić information content (AvgIpc) is 2.27. The van der Waals surface area contributed by atoms with Gasteiger partial charge in [-0.15, -0.1) is 0 Å². The molecule has 1 aromatic carbocycles. The molecule has 4 heteroatoms. The van der Waals surface area contributed by atoms with Gasteiger partial charge in [-0.2, -0.15) is 0 Å². The number of rotatable bonds is 6. The molecule has 1 rings (SSSR count). The molecular formula is C15H24N2O2. The van der Waals surface area contributed by atoms with Crippen LogP contribution in [0.25, 0.3) is 0 Å². The first-order chi connectivity index (χ1) is 8.79. The Morgan fingerprint density at radius 1 is 1.32 bits per heavy atom. The minimum atomic E-state index is -0.858. The number of benzene rings is 1. The maximum atomic E-state index is 10.5. The summed E-state index contributed by atoms with van der Waals surface area (Å²) >= 11 is 0. The zero-order chi connectivity index (χ0) is 14.5. The summed E-state index contributed by atoms with van der Waals surface area (Å²) in [6.45, 7) is 7.77. The maximum absolute atomic E-state index is 10.5. The molecule has 0 amide bonds. The van der Waals surface area contributed by atoms with Gasteiger partial charge in [-0.3, -0.25) is 4.79 Å². The van der Waals surface area contributed by atoms with Crippen LogP contribution in [0.3, 0.4) is 0 Å².